The first-order valence-corrected chi connectivity index (χ1v) is 9.56. The van der Waals surface area contributed by atoms with Crippen LogP contribution < -0.4 is 19.7 Å². The maximum Gasteiger partial charge on any atom is 0.338 e. The molecule has 0 spiro atoms. The van der Waals surface area contributed by atoms with E-state index in [0.717, 1.165) is 4.90 Å². The molecule has 0 saturated carbocycles. The Labute approximate surface area is 182 Å². The number of carbonyl (C=O) groups excluding carboxylic acids is 4. The lowest BCUT2D eigenvalue weighted by Gasteiger charge is -2.15. The first kappa shape index (κ1) is 22.1. The van der Waals surface area contributed by atoms with Gasteiger partial charge in [0.25, 0.3) is 5.91 Å². The van der Waals surface area contributed by atoms with E-state index in [-0.39, 0.29) is 41.6 Å². The molecule has 31 heavy (non-hydrogen) atoms. The second-order valence-corrected chi connectivity index (χ2v) is 6.89. The van der Waals surface area contributed by atoms with Crippen LogP contribution in [0.2, 0.25) is 5.02 Å². The van der Waals surface area contributed by atoms with Gasteiger partial charge in [0.2, 0.25) is 11.8 Å². The Morgan fingerprint density at radius 1 is 1.03 bits per heavy atom. The molecular formula is C21H19ClN2O7. The average molecular weight is 447 g/mol. The van der Waals surface area contributed by atoms with Crippen LogP contribution in [0.15, 0.2) is 36.4 Å². The van der Waals surface area contributed by atoms with E-state index >= 15 is 0 Å². The Morgan fingerprint density at radius 2 is 1.71 bits per heavy atom. The molecule has 0 aliphatic carbocycles. The summed E-state index contributed by atoms with van der Waals surface area (Å²) in [6, 6.07) is 8.86. The van der Waals surface area contributed by atoms with Crippen LogP contribution in [0.3, 0.4) is 0 Å². The van der Waals surface area contributed by atoms with Gasteiger partial charge in [-0.2, -0.15) is 0 Å². The summed E-state index contributed by atoms with van der Waals surface area (Å²) in [5.41, 5.74) is 0.672. The minimum absolute atomic E-state index is 0.101. The van der Waals surface area contributed by atoms with Gasteiger partial charge in [-0.15, -0.1) is 0 Å². The van der Waals surface area contributed by atoms with Crippen LogP contribution in [0.25, 0.3) is 0 Å². The van der Waals surface area contributed by atoms with Gasteiger partial charge in [0.1, 0.15) is 11.5 Å². The number of anilines is 2. The van der Waals surface area contributed by atoms with Crippen molar-refractivity contribution in [1.82, 2.24) is 0 Å². The van der Waals surface area contributed by atoms with Crippen LogP contribution in [-0.2, 0) is 19.1 Å². The summed E-state index contributed by atoms with van der Waals surface area (Å²) in [6.45, 7) is -0.571. The number of ether oxygens (including phenoxy) is 3. The largest absolute Gasteiger partial charge is 0.495 e. The molecule has 0 unspecified atom stereocenters. The molecule has 0 bridgehead atoms. The second-order valence-electron chi connectivity index (χ2n) is 6.48. The summed E-state index contributed by atoms with van der Waals surface area (Å²) in [7, 11) is 2.84. The van der Waals surface area contributed by atoms with E-state index in [9.17, 15) is 19.2 Å². The summed E-state index contributed by atoms with van der Waals surface area (Å²) >= 11 is 6.03. The number of nitrogens with zero attached hydrogens (tertiary/aromatic N) is 1. The first-order valence-electron chi connectivity index (χ1n) is 9.18. The van der Waals surface area contributed by atoms with Gasteiger partial charge in [0.15, 0.2) is 6.61 Å². The van der Waals surface area contributed by atoms with Crippen molar-refractivity contribution in [2.24, 2.45) is 0 Å². The number of carbonyl (C=O) groups is 4. The van der Waals surface area contributed by atoms with Crippen LogP contribution in [0.4, 0.5) is 11.4 Å². The number of hydrogen-bond donors (Lipinski definition) is 1. The SMILES string of the molecule is COc1cc(NC(=O)COC(=O)c2cccc(N3C(=O)CCC3=O)c2)c(OC)cc1Cl. The fourth-order valence-electron chi connectivity index (χ4n) is 3.00. The maximum atomic E-state index is 12.3. The highest BCUT2D eigenvalue weighted by molar-refractivity contribution is 6.32. The fraction of sp³-hybridized carbons (Fsp3) is 0.238. The Morgan fingerprint density at radius 3 is 2.35 bits per heavy atom. The predicted molar refractivity (Wildman–Crippen MR) is 112 cm³/mol. The number of benzene rings is 2. The summed E-state index contributed by atoms with van der Waals surface area (Å²) in [4.78, 5) is 49.4. The van der Waals surface area contributed by atoms with E-state index in [4.69, 9.17) is 25.8 Å². The summed E-state index contributed by atoms with van der Waals surface area (Å²) < 4.78 is 15.3. The molecule has 3 amide bonds. The van der Waals surface area contributed by atoms with E-state index in [1.807, 2.05) is 0 Å². The van der Waals surface area contributed by atoms with Crippen molar-refractivity contribution in [3.63, 3.8) is 0 Å². The van der Waals surface area contributed by atoms with Gasteiger partial charge in [-0.05, 0) is 18.2 Å². The molecule has 1 N–H and O–H groups in total. The van der Waals surface area contributed by atoms with Crippen molar-refractivity contribution in [2.75, 3.05) is 31.0 Å². The first-order chi connectivity index (χ1) is 14.8. The van der Waals surface area contributed by atoms with Gasteiger partial charge in [-0.3, -0.25) is 19.3 Å². The van der Waals surface area contributed by atoms with E-state index in [1.54, 1.807) is 6.07 Å². The van der Waals surface area contributed by atoms with Gasteiger partial charge < -0.3 is 19.5 Å². The van der Waals surface area contributed by atoms with Crippen molar-refractivity contribution in [2.45, 2.75) is 12.8 Å². The number of hydrogen-bond acceptors (Lipinski definition) is 7. The van der Waals surface area contributed by atoms with E-state index < -0.39 is 18.5 Å². The molecule has 2 aromatic rings. The summed E-state index contributed by atoms with van der Waals surface area (Å²) in [6.07, 6.45) is 0.263. The highest BCUT2D eigenvalue weighted by Gasteiger charge is 2.30. The average Bonchev–Trinajstić information content (AvgIpc) is 3.10. The number of amides is 3. The number of esters is 1. The Balaban J connectivity index is 1.65. The standard InChI is InChI=1S/C21H19ClN2O7/c1-29-16-10-15(17(30-2)9-14(16)22)23-18(25)11-31-21(28)12-4-3-5-13(8-12)24-19(26)6-7-20(24)27/h3-5,8-10H,6-7,11H2,1-2H3,(H,23,25). The quantitative estimate of drug-likeness (QED) is 0.514. The Hall–Kier alpha value is -3.59. The number of methoxy groups -OCH3 is 2. The van der Waals surface area contributed by atoms with Crippen molar-refractivity contribution in [3.8, 4) is 11.5 Å². The Bertz CT molecular complexity index is 1040. The normalized spacial score (nSPS) is 13.2. The molecule has 1 saturated heterocycles. The number of nitrogens with one attached hydrogen (secondary N) is 1. The van der Waals surface area contributed by atoms with Gasteiger partial charge >= 0.3 is 5.97 Å². The van der Waals surface area contributed by atoms with Gasteiger partial charge in [0.05, 0.1) is 36.2 Å². The molecule has 3 rings (SSSR count). The zero-order valence-corrected chi connectivity index (χ0v) is 17.5. The monoisotopic (exact) mass is 446 g/mol. The zero-order chi connectivity index (χ0) is 22.5. The van der Waals surface area contributed by atoms with Crippen molar-refractivity contribution in [1.29, 1.82) is 0 Å². The summed E-state index contributed by atoms with van der Waals surface area (Å²) in [5, 5.41) is 2.86. The van der Waals surface area contributed by atoms with Gasteiger partial charge in [-0.25, -0.2) is 4.79 Å². The van der Waals surface area contributed by atoms with Crippen LogP contribution in [0.1, 0.15) is 23.2 Å². The molecule has 10 heteroatoms. The second kappa shape index (κ2) is 9.48. The molecule has 0 atom stereocenters. The topological polar surface area (TPSA) is 111 Å². The predicted octanol–water partition coefficient (Wildman–Crippen LogP) is 2.81. The molecule has 9 nitrogen and oxygen atoms in total. The molecule has 0 aromatic heterocycles. The number of rotatable bonds is 7. The maximum absolute atomic E-state index is 12.3. The highest BCUT2D eigenvalue weighted by Crippen LogP contribution is 2.35. The third-order valence-corrected chi connectivity index (χ3v) is 4.77. The van der Waals surface area contributed by atoms with Gasteiger partial charge in [-0.1, -0.05) is 17.7 Å². The molecule has 1 fully saturated rings. The zero-order valence-electron chi connectivity index (χ0n) is 16.8. The van der Waals surface area contributed by atoms with Crippen molar-refractivity contribution < 1.29 is 33.4 Å². The van der Waals surface area contributed by atoms with E-state index in [1.165, 1.54) is 44.6 Å². The third-order valence-electron chi connectivity index (χ3n) is 4.47. The van der Waals surface area contributed by atoms with Crippen LogP contribution in [-0.4, -0.2) is 44.5 Å². The molecule has 162 valence electrons. The minimum Gasteiger partial charge on any atom is -0.495 e. The third kappa shape index (κ3) is 4.95. The number of halogens is 1. The minimum atomic E-state index is -0.781. The molecule has 0 radical (unpaired) electrons. The molecule has 2 aromatic carbocycles. The molecule has 1 aliphatic rings. The smallest absolute Gasteiger partial charge is 0.338 e. The van der Waals surface area contributed by atoms with Crippen LogP contribution in [0.5, 0.6) is 11.5 Å². The van der Waals surface area contributed by atoms with Crippen LogP contribution in [0, 0.1) is 0 Å². The molecular weight excluding hydrogens is 428 g/mol. The lowest BCUT2D eigenvalue weighted by molar-refractivity contribution is -0.121. The van der Waals surface area contributed by atoms with Crippen LogP contribution >= 0.6 is 11.6 Å². The molecule has 1 heterocycles. The summed E-state index contributed by atoms with van der Waals surface area (Å²) in [5.74, 6) is -1.42. The van der Waals surface area contributed by atoms with Gasteiger partial charge in [0, 0.05) is 25.0 Å². The highest BCUT2D eigenvalue weighted by atomic mass is 35.5. The molecule has 1 aliphatic heterocycles. The number of imide groups is 1. The lowest BCUT2D eigenvalue weighted by Crippen LogP contribution is -2.28. The van der Waals surface area contributed by atoms with E-state index in [0.29, 0.717) is 16.5 Å². The van der Waals surface area contributed by atoms with Crippen molar-refractivity contribution >= 4 is 46.7 Å². The fourth-order valence-corrected chi connectivity index (χ4v) is 3.23. The van der Waals surface area contributed by atoms with Crippen molar-refractivity contribution in [3.05, 3.63) is 47.0 Å². The lowest BCUT2D eigenvalue weighted by atomic mass is 10.2. The van der Waals surface area contributed by atoms with E-state index in [2.05, 4.69) is 5.32 Å². The Kier molecular flexibility index (Phi) is 6.76.